The van der Waals surface area contributed by atoms with E-state index in [2.05, 4.69) is 31.1 Å². The van der Waals surface area contributed by atoms with E-state index in [1.54, 1.807) is 40.2 Å². The van der Waals surface area contributed by atoms with Crippen LogP contribution in [0.2, 0.25) is 0 Å². The molecule has 3 aromatic heterocycles. The van der Waals surface area contributed by atoms with Crippen molar-refractivity contribution in [2.45, 2.75) is 6.04 Å². The molecule has 0 aliphatic carbocycles. The number of aromatic nitrogens is 5. The first-order valence-corrected chi connectivity index (χ1v) is 6.18. The zero-order chi connectivity index (χ0) is 12.7. The van der Waals surface area contributed by atoms with Crippen molar-refractivity contribution in [1.82, 2.24) is 24.4 Å². The second kappa shape index (κ2) is 4.18. The first-order chi connectivity index (χ1) is 8.68. The van der Waals surface area contributed by atoms with Crippen LogP contribution in [0.1, 0.15) is 17.3 Å². The molecule has 0 saturated heterocycles. The Hall–Kier alpha value is -1.73. The summed E-state index contributed by atoms with van der Waals surface area (Å²) >= 11 is 3.46. The topological polar surface area (TPSA) is 74.0 Å². The summed E-state index contributed by atoms with van der Waals surface area (Å²) in [7, 11) is 1.86. The SMILES string of the molecule is Cn1ncc(Br)c1C(N)c1cnn2ccncc12. The summed E-state index contributed by atoms with van der Waals surface area (Å²) in [6.45, 7) is 0. The number of aryl methyl sites for hydroxylation is 1. The first-order valence-electron chi connectivity index (χ1n) is 5.38. The highest BCUT2D eigenvalue weighted by molar-refractivity contribution is 9.10. The lowest BCUT2D eigenvalue weighted by Crippen LogP contribution is -2.16. The average Bonchev–Trinajstić information content (AvgIpc) is 2.93. The van der Waals surface area contributed by atoms with Crippen LogP contribution in [0.3, 0.4) is 0 Å². The number of nitrogens with zero attached hydrogens (tertiary/aromatic N) is 5. The summed E-state index contributed by atoms with van der Waals surface area (Å²) in [6, 6.07) is -0.298. The molecule has 0 fully saturated rings. The highest BCUT2D eigenvalue weighted by Gasteiger charge is 2.20. The molecule has 0 aromatic carbocycles. The molecule has 0 radical (unpaired) electrons. The molecule has 92 valence electrons. The van der Waals surface area contributed by atoms with Gasteiger partial charge < -0.3 is 5.73 Å². The number of hydrogen-bond acceptors (Lipinski definition) is 4. The highest BCUT2D eigenvalue weighted by atomic mass is 79.9. The van der Waals surface area contributed by atoms with E-state index in [9.17, 15) is 0 Å². The van der Waals surface area contributed by atoms with Gasteiger partial charge in [0.05, 0.1) is 40.3 Å². The standard InChI is InChI=1S/C11H11BrN6/c1-17-11(8(12)5-15-17)10(13)7-4-16-18-3-2-14-6-9(7)18/h2-6,10H,13H2,1H3. The van der Waals surface area contributed by atoms with Gasteiger partial charge in [-0.1, -0.05) is 0 Å². The van der Waals surface area contributed by atoms with E-state index in [-0.39, 0.29) is 6.04 Å². The van der Waals surface area contributed by atoms with Crippen LogP contribution in [0.5, 0.6) is 0 Å². The minimum atomic E-state index is -0.298. The quantitative estimate of drug-likeness (QED) is 0.774. The van der Waals surface area contributed by atoms with E-state index in [0.717, 1.165) is 21.2 Å². The molecule has 1 unspecified atom stereocenters. The van der Waals surface area contributed by atoms with Gasteiger partial charge in [-0.25, -0.2) is 4.52 Å². The van der Waals surface area contributed by atoms with Gasteiger partial charge in [-0.15, -0.1) is 0 Å². The molecule has 7 heteroatoms. The third kappa shape index (κ3) is 1.63. The molecule has 3 aromatic rings. The van der Waals surface area contributed by atoms with Crippen molar-refractivity contribution in [2.75, 3.05) is 0 Å². The molecule has 2 N–H and O–H groups in total. The molecule has 3 rings (SSSR count). The highest BCUT2D eigenvalue weighted by Crippen LogP contribution is 2.28. The molecular weight excluding hydrogens is 296 g/mol. The average molecular weight is 307 g/mol. The van der Waals surface area contributed by atoms with Gasteiger partial charge in [-0.2, -0.15) is 10.2 Å². The second-order valence-electron chi connectivity index (χ2n) is 3.99. The summed E-state index contributed by atoms with van der Waals surface area (Å²) in [5, 5.41) is 8.43. The Bertz CT molecular complexity index is 681. The smallest absolute Gasteiger partial charge is 0.0896 e. The molecule has 0 bridgehead atoms. The molecule has 3 heterocycles. The zero-order valence-electron chi connectivity index (χ0n) is 9.66. The van der Waals surface area contributed by atoms with Crippen molar-refractivity contribution in [3.8, 4) is 0 Å². The van der Waals surface area contributed by atoms with Gasteiger partial charge in [0.2, 0.25) is 0 Å². The lowest BCUT2D eigenvalue weighted by atomic mass is 10.1. The maximum atomic E-state index is 6.30. The minimum Gasteiger partial charge on any atom is -0.319 e. The molecule has 0 aliphatic rings. The number of fused-ring (bicyclic) bond motifs is 1. The number of halogens is 1. The maximum absolute atomic E-state index is 6.30. The van der Waals surface area contributed by atoms with Crippen LogP contribution >= 0.6 is 15.9 Å². The molecule has 0 spiro atoms. The Balaban J connectivity index is 2.15. The van der Waals surface area contributed by atoms with E-state index in [4.69, 9.17) is 5.73 Å². The lowest BCUT2D eigenvalue weighted by molar-refractivity contribution is 0.673. The molecule has 18 heavy (non-hydrogen) atoms. The Morgan fingerprint density at radius 1 is 1.28 bits per heavy atom. The Morgan fingerprint density at radius 3 is 2.83 bits per heavy atom. The van der Waals surface area contributed by atoms with Crippen molar-refractivity contribution in [3.63, 3.8) is 0 Å². The van der Waals surface area contributed by atoms with Gasteiger partial charge in [0.25, 0.3) is 0 Å². The van der Waals surface area contributed by atoms with Crippen molar-refractivity contribution in [1.29, 1.82) is 0 Å². The molecular formula is C11H11BrN6. The second-order valence-corrected chi connectivity index (χ2v) is 4.84. The fraction of sp³-hybridized carbons (Fsp3) is 0.182. The van der Waals surface area contributed by atoms with Crippen LogP contribution in [-0.4, -0.2) is 24.4 Å². The minimum absolute atomic E-state index is 0.298. The Labute approximate surface area is 112 Å². The number of hydrogen-bond donors (Lipinski definition) is 1. The van der Waals surface area contributed by atoms with Gasteiger partial charge in [-0.05, 0) is 15.9 Å². The van der Waals surface area contributed by atoms with Crippen LogP contribution in [0, 0.1) is 0 Å². The molecule has 6 nitrogen and oxygen atoms in total. The summed E-state index contributed by atoms with van der Waals surface area (Å²) in [5.74, 6) is 0. The normalized spacial score (nSPS) is 13.1. The molecule has 0 saturated carbocycles. The molecule has 0 aliphatic heterocycles. The van der Waals surface area contributed by atoms with Gasteiger partial charge in [0.15, 0.2) is 0 Å². The largest absolute Gasteiger partial charge is 0.319 e. The van der Waals surface area contributed by atoms with Gasteiger partial charge in [0.1, 0.15) is 0 Å². The zero-order valence-corrected chi connectivity index (χ0v) is 11.2. The third-order valence-electron chi connectivity index (χ3n) is 2.92. The van der Waals surface area contributed by atoms with E-state index < -0.39 is 0 Å². The Morgan fingerprint density at radius 2 is 2.11 bits per heavy atom. The van der Waals surface area contributed by atoms with Crippen LogP contribution in [0.4, 0.5) is 0 Å². The van der Waals surface area contributed by atoms with E-state index in [1.807, 2.05) is 7.05 Å². The summed E-state index contributed by atoms with van der Waals surface area (Å²) < 4.78 is 4.40. The van der Waals surface area contributed by atoms with Crippen LogP contribution in [0.25, 0.3) is 5.52 Å². The Kier molecular flexibility index (Phi) is 2.64. The first kappa shape index (κ1) is 11.4. The van der Waals surface area contributed by atoms with Crippen molar-refractivity contribution >= 4 is 21.4 Å². The predicted octanol–water partition coefficient (Wildman–Crippen LogP) is 1.27. The monoisotopic (exact) mass is 306 g/mol. The van der Waals surface area contributed by atoms with E-state index in [0.29, 0.717) is 0 Å². The fourth-order valence-corrected chi connectivity index (χ4v) is 2.60. The van der Waals surface area contributed by atoms with Gasteiger partial charge in [0, 0.05) is 25.0 Å². The van der Waals surface area contributed by atoms with Gasteiger partial charge >= 0.3 is 0 Å². The fourth-order valence-electron chi connectivity index (χ4n) is 2.01. The molecule has 1 atom stereocenters. The van der Waals surface area contributed by atoms with Crippen LogP contribution in [0.15, 0.2) is 35.5 Å². The summed E-state index contributed by atoms with van der Waals surface area (Å²) in [6.07, 6.45) is 8.74. The van der Waals surface area contributed by atoms with Gasteiger partial charge in [-0.3, -0.25) is 9.67 Å². The van der Waals surface area contributed by atoms with Crippen molar-refractivity contribution in [2.24, 2.45) is 12.8 Å². The lowest BCUT2D eigenvalue weighted by Gasteiger charge is -2.11. The van der Waals surface area contributed by atoms with E-state index >= 15 is 0 Å². The van der Waals surface area contributed by atoms with Crippen LogP contribution in [-0.2, 0) is 7.05 Å². The number of rotatable bonds is 2. The van der Waals surface area contributed by atoms with Crippen molar-refractivity contribution in [3.05, 3.63) is 46.7 Å². The van der Waals surface area contributed by atoms with Crippen LogP contribution < -0.4 is 5.73 Å². The predicted molar refractivity (Wildman–Crippen MR) is 69.9 cm³/mol. The maximum Gasteiger partial charge on any atom is 0.0896 e. The summed E-state index contributed by atoms with van der Waals surface area (Å²) in [4.78, 5) is 4.10. The third-order valence-corrected chi connectivity index (χ3v) is 3.53. The molecule has 0 amide bonds. The summed E-state index contributed by atoms with van der Waals surface area (Å²) in [5.41, 5.74) is 9.04. The number of nitrogens with two attached hydrogens (primary N) is 1. The van der Waals surface area contributed by atoms with E-state index in [1.165, 1.54) is 0 Å². The van der Waals surface area contributed by atoms with Crippen molar-refractivity contribution < 1.29 is 0 Å².